The van der Waals surface area contributed by atoms with Crippen LogP contribution in [0.4, 0.5) is 0 Å². The van der Waals surface area contributed by atoms with Crippen molar-refractivity contribution < 1.29 is 9.47 Å². The lowest BCUT2D eigenvalue weighted by Crippen LogP contribution is -2.21. The molecule has 0 aliphatic heterocycles. The van der Waals surface area contributed by atoms with E-state index in [1.165, 1.54) is 5.52 Å². The molecule has 110 valence electrons. The quantitative estimate of drug-likeness (QED) is 0.814. The Balaban J connectivity index is 2.16. The molecule has 0 amide bonds. The fourth-order valence-corrected chi connectivity index (χ4v) is 2.20. The first kappa shape index (κ1) is 14.9. The Morgan fingerprint density at radius 2 is 1.90 bits per heavy atom. The number of rotatable bonds is 5. The first-order chi connectivity index (χ1) is 9.37. The van der Waals surface area contributed by atoms with E-state index in [9.17, 15) is 0 Å². The van der Waals surface area contributed by atoms with Gasteiger partial charge in [-0.2, -0.15) is 0 Å². The van der Waals surface area contributed by atoms with E-state index in [1.807, 2.05) is 26.0 Å². The van der Waals surface area contributed by atoms with Crippen molar-refractivity contribution >= 4 is 10.9 Å². The summed E-state index contributed by atoms with van der Waals surface area (Å²) in [6.45, 7) is 11.9. The zero-order valence-corrected chi connectivity index (χ0v) is 13.1. The second-order valence-corrected chi connectivity index (χ2v) is 6.33. The predicted molar refractivity (Wildman–Crippen MR) is 83.4 cm³/mol. The minimum absolute atomic E-state index is 0.0884. The summed E-state index contributed by atoms with van der Waals surface area (Å²) in [7, 11) is 0. The summed E-state index contributed by atoms with van der Waals surface area (Å²) >= 11 is 0. The van der Waals surface area contributed by atoms with Gasteiger partial charge in [-0.05, 0) is 52.8 Å². The van der Waals surface area contributed by atoms with Crippen molar-refractivity contribution in [2.24, 2.45) is 0 Å². The van der Waals surface area contributed by atoms with Crippen LogP contribution in [0.15, 0.2) is 30.5 Å². The van der Waals surface area contributed by atoms with Gasteiger partial charge in [0.15, 0.2) is 0 Å². The van der Waals surface area contributed by atoms with E-state index in [1.54, 1.807) is 0 Å². The molecule has 0 N–H and O–H groups in total. The van der Waals surface area contributed by atoms with E-state index < -0.39 is 0 Å². The van der Waals surface area contributed by atoms with E-state index in [2.05, 4.69) is 43.7 Å². The van der Waals surface area contributed by atoms with Gasteiger partial charge in [0.25, 0.3) is 0 Å². The van der Waals surface area contributed by atoms with Crippen LogP contribution in [0.2, 0.25) is 0 Å². The van der Waals surface area contributed by atoms with Gasteiger partial charge >= 0.3 is 0 Å². The second kappa shape index (κ2) is 5.88. The van der Waals surface area contributed by atoms with Crippen LogP contribution in [0.5, 0.6) is 5.75 Å². The standard InChI is InChI=1S/C17H25NO2/c1-13(2)20-16-8-6-7-15-14(16)9-10-18(15)11-12-19-17(3,4)5/h6-10,13H,11-12H2,1-5H3. The van der Waals surface area contributed by atoms with Gasteiger partial charge in [-0.3, -0.25) is 0 Å². The van der Waals surface area contributed by atoms with Crippen LogP contribution in [0.1, 0.15) is 34.6 Å². The number of nitrogens with zero attached hydrogens (tertiary/aromatic N) is 1. The highest BCUT2D eigenvalue weighted by molar-refractivity contribution is 5.86. The van der Waals surface area contributed by atoms with Gasteiger partial charge in [0, 0.05) is 18.1 Å². The summed E-state index contributed by atoms with van der Waals surface area (Å²) < 4.78 is 13.9. The average Bonchev–Trinajstić information content (AvgIpc) is 2.71. The van der Waals surface area contributed by atoms with Gasteiger partial charge in [-0.1, -0.05) is 6.07 Å². The molecule has 3 heteroatoms. The molecule has 0 bridgehead atoms. The van der Waals surface area contributed by atoms with Crippen LogP contribution in [0.3, 0.4) is 0 Å². The molecule has 0 saturated heterocycles. The first-order valence-electron chi connectivity index (χ1n) is 7.25. The molecule has 0 aliphatic rings. The van der Waals surface area contributed by atoms with E-state index in [4.69, 9.17) is 9.47 Å². The van der Waals surface area contributed by atoms with E-state index in [-0.39, 0.29) is 11.7 Å². The summed E-state index contributed by atoms with van der Waals surface area (Å²) in [6.07, 6.45) is 2.29. The van der Waals surface area contributed by atoms with E-state index in [0.29, 0.717) is 6.61 Å². The molecule has 0 fully saturated rings. The molecule has 20 heavy (non-hydrogen) atoms. The smallest absolute Gasteiger partial charge is 0.129 e. The van der Waals surface area contributed by atoms with Crippen LogP contribution >= 0.6 is 0 Å². The zero-order chi connectivity index (χ0) is 14.8. The Morgan fingerprint density at radius 3 is 2.55 bits per heavy atom. The third-order valence-corrected chi connectivity index (χ3v) is 3.00. The molecule has 2 aromatic rings. The molecule has 2 rings (SSSR count). The Bertz CT molecular complexity index is 564. The second-order valence-electron chi connectivity index (χ2n) is 6.33. The van der Waals surface area contributed by atoms with Crippen molar-refractivity contribution in [3.05, 3.63) is 30.5 Å². The molecule has 0 unspecified atom stereocenters. The number of hydrogen-bond donors (Lipinski definition) is 0. The van der Waals surface area contributed by atoms with Crippen LogP contribution in [0.25, 0.3) is 10.9 Å². The molecule has 1 heterocycles. The minimum Gasteiger partial charge on any atom is -0.490 e. The summed E-state index contributed by atoms with van der Waals surface area (Å²) in [5.74, 6) is 0.952. The largest absolute Gasteiger partial charge is 0.490 e. The molecule has 0 atom stereocenters. The molecule has 1 aromatic carbocycles. The topological polar surface area (TPSA) is 23.4 Å². The molecule has 0 aliphatic carbocycles. The van der Waals surface area contributed by atoms with Crippen molar-refractivity contribution in [2.75, 3.05) is 6.61 Å². The van der Waals surface area contributed by atoms with Crippen molar-refractivity contribution in [1.82, 2.24) is 4.57 Å². The molecule has 0 saturated carbocycles. The lowest BCUT2D eigenvalue weighted by Gasteiger charge is -2.20. The third-order valence-electron chi connectivity index (χ3n) is 3.00. The predicted octanol–water partition coefficient (Wildman–Crippen LogP) is 4.24. The minimum atomic E-state index is -0.0884. The normalized spacial score (nSPS) is 12.3. The third kappa shape index (κ3) is 3.76. The van der Waals surface area contributed by atoms with Crippen molar-refractivity contribution in [1.29, 1.82) is 0 Å². The lowest BCUT2D eigenvalue weighted by atomic mass is 10.2. The molecule has 0 spiro atoms. The Hall–Kier alpha value is -1.48. The highest BCUT2D eigenvalue weighted by Gasteiger charge is 2.11. The highest BCUT2D eigenvalue weighted by Crippen LogP contribution is 2.27. The molecular formula is C17H25NO2. The van der Waals surface area contributed by atoms with Gasteiger partial charge in [-0.25, -0.2) is 0 Å². The monoisotopic (exact) mass is 275 g/mol. The zero-order valence-electron chi connectivity index (χ0n) is 13.1. The molecule has 1 aromatic heterocycles. The van der Waals surface area contributed by atoms with Crippen LogP contribution in [-0.4, -0.2) is 22.9 Å². The summed E-state index contributed by atoms with van der Waals surface area (Å²) in [4.78, 5) is 0. The number of ether oxygens (including phenoxy) is 2. The van der Waals surface area contributed by atoms with Crippen LogP contribution in [0, 0.1) is 0 Å². The Kier molecular flexibility index (Phi) is 4.39. The first-order valence-corrected chi connectivity index (χ1v) is 7.25. The number of aromatic nitrogens is 1. The van der Waals surface area contributed by atoms with Gasteiger partial charge in [-0.15, -0.1) is 0 Å². The van der Waals surface area contributed by atoms with E-state index >= 15 is 0 Å². The van der Waals surface area contributed by atoms with Crippen molar-refractivity contribution in [3.63, 3.8) is 0 Å². The highest BCUT2D eigenvalue weighted by atomic mass is 16.5. The van der Waals surface area contributed by atoms with Crippen molar-refractivity contribution in [3.8, 4) is 5.75 Å². The van der Waals surface area contributed by atoms with Gasteiger partial charge in [0.2, 0.25) is 0 Å². The maximum atomic E-state index is 5.85. The molecule has 0 radical (unpaired) electrons. The maximum Gasteiger partial charge on any atom is 0.129 e. The Labute approximate surface area is 121 Å². The fourth-order valence-electron chi connectivity index (χ4n) is 2.20. The summed E-state index contributed by atoms with van der Waals surface area (Å²) in [5, 5.41) is 1.16. The van der Waals surface area contributed by atoms with Gasteiger partial charge < -0.3 is 14.0 Å². The van der Waals surface area contributed by atoms with Crippen molar-refractivity contribution in [2.45, 2.75) is 52.9 Å². The summed E-state index contributed by atoms with van der Waals surface area (Å²) in [6, 6.07) is 8.31. The SMILES string of the molecule is CC(C)Oc1cccc2c1ccn2CCOC(C)(C)C. The van der Waals surface area contributed by atoms with E-state index in [0.717, 1.165) is 17.7 Å². The number of hydrogen-bond acceptors (Lipinski definition) is 2. The summed E-state index contributed by atoms with van der Waals surface area (Å²) in [5.41, 5.74) is 1.11. The number of fused-ring (bicyclic) bond motifs is 1. The lowest BCUT2D eigenvalue weighted by molar-refractivity contribution is -0.00644. The van der Waals surface area contributed by atoms with Gasteiger partial charge in [0.1, 0.15) is 5.75 Å². The number of benzene rings is 1. The van der Waals surface area contributed by atoms with Gasteiger partial charge in [0.05, 0.1) is 23.8 Å². The van der Waals surface area contributed by atoms with Crippen LogP contribution in [-0.2, 0) is 11.3 Å². The molecule has 3 nitrogen and oxygen atoms in total. The average molecular weight is 275 g/mol. The Morgan fingerprint density at radius 1 is 1.15 bits per heavy atom. The maximum absolute atomic E-state index is 5.85. The van der Waals surface area contributed by atoms with Crippen LogP contribution < -0.4 is 4.74 Å². The fraction of sp³-hybridized carbons (Fsp3) is 0.529. The molecular weight excluding hydrogens is 250 g/mol.